The molecule has 0 aliphatic heterocycles. The molecule has 0 radical (unpaired) electrons. The van der Waals surface area contributed by atoms with Crippen molar-refractivity contribution in [2.75, 3.05) is 6.61 Å². The van der Waals surface area contributed by atoms with Gasteiger partial charge in [-0.15, -0.1) is 0 Å². The zero-order valence-electron chi connectivity index (χ0n) is 13.6. The van der Waals surface area contributed by atoms with Gasteiger partial charge in [0.25, 0.3) is 0 Å². The van der Waals surface area contributed by atoms with E-state index in [0.717, 1.165) is 19.3 Å². The minimum atomic E-state index is -1.14. The second kappa shape index (κ2) is 7.23. The minimum absolute atomic E-state index is 0.0394. The number of carbonyl (C=O) groups is 1. The molecule has 0 aromatic carbocycles. The molecule has 0 fully saturated rings. The lowest BCUT2D eigenvalue weighted by atomic mass is 9.82. The smallest absolute Gasteiger partial charge is 0.302 e. The van der Waals surface area contributed by atoms with Crippen LogP contribution < -0.4 is 0 Å². The Morgan fingerprint density at radius 3 is 2.86 bits per heavy atom. The normalized spacial score (nSPS) is 30.2. The van der Waals surface area contributed by atoms with Gasteiger partial charge in [0.1, 0.15) is 12.2 Å². The van der Waals surface area contributed by atoms with Crippen LogP contribution in [0.15, 0.2) is 23.8 Å². The van der Waals surface area contributed by atoms with E-state index in [1.54, 1.807) is 19.9 Å². The van der Waals surface area contributed by atoms with E-state index in [-0.39, 0.29) is 12.5 Å². The third-order valence-electron chi connectivity index (χ3n) is 4.05. The van der Waals surface area contributed by atoms with Gasteiger partial charge in [0.05, 0.1) is 5.60 Å². The molecule has 0 saturated carbocycles. The largest absolute Gasteiger partial charge is 0.463 e. The first-order valence-electron chi connectivity index (χ1n) is 7.55. The van der Waals surface area contributed by atoms with E-state index >= 15 is 0 Å². The van der Waals surface area contributed by atoms with Crippen LogP contribution in [0.3, 0.4) is 0 Å². The summed E-state index contributed by atoms with van der Waals surface area (Å²) in [5.41, 5.74) is -0.767. The average Bonchev–Trinajstić information content (AvgIpc) is 2.35. The van der Waals surface area contributed by atoms with E-state index in [4.69, 9.17) is 4.74 Å². The molecule has 1 aliphatic rings. The highest BCUT2D eigenvalue weighted by atomic mass is 16.5. The van der Waals surface area contributed by atoms with E-state index in [0.29, 0.717) is 6.42 Å². The molecule has 1 rings (SSSR count). The maximum Gasteiger partial charge on any atom is 0.302 e. The highest BCUT2D eigenvalue weighted by Gasteiger charge is 2.32. The van der Waals surface area contributed by atoms with Gasteiger partial charge in [-0.3, -0.25) is 4.79 Å². The van der Waals surface area contributed by atoms with Crippen molar-refractivity contribution in [1.29, 1.82) is 0 Å². The van der Waals surface area contributed by atoms with Crippen molar-refractivity contribution in [2.24, 2.45) is 5.92 Å². The molecule has 120 valence electrons. The summed E-state index contributed by atoms with van der Waals surface area (Å²) >= 11 is 0. The Morgan fingerprint density at radius 2 is 2.24 bits per heavy atom. The third kappa shape index (κ3) is 6.44. The fraction of sp³-hybridized carbons (Fsp3) is 0.706. The number of allylic oxidation sites excluding steroid dienone is 2. The lowest BCUT2D eigenvalue weighted by Crippen LogP contribution is -2.39. The zero-order chi connectivity index (χ0) is 16.1. The van der Waals surface area contributed by atoms with E-state index in [1.807, 2.05) is 6.08 Å². The molecule has 0 spiro atoms. The van der Waals surface area contributed by atoms with E-state index in [2.05, 4.69) is 13.0 Å². The molecule has 0 bridgehead atoms. The van der Waals surface area contributed by atoms with Crippen molar-refractivity contribution in [1.82, 2.24) is 0 Å². The molecule has 0 amide bonds. The van der Waals surface area contributed by atoms with Gasteiger partial charge >= 0.3 is 5.97 Å². The number of hydrogen-bond donors (Lipinski definition) is 2. The topological polar surface area (TPSA) is 66.8 Å². The number of carbonyl (C=O) groups excluding carboxylic acids is 1. The number of aliphatic hydroxyl groups is 2. The molecule has 0 heterocycles. The van der Waals surface area contributed by atoms with Crippen LogP contribution in [0.25, 0.3) is 0 Å². The Kier molecular flexibility index (Phi) is 6.17. The molecule has 2 N–H and O–H groups in total. The van der Waals surface area contributed by atoms with E-state index < -0.39 is 17.2 Å². The van der Waals surface area contributed by atoms with Crippen molar-refractivity contribution in [3.63, 3.8) is 0 Å². The Balaban J connectivity index is 2.89. The lowest BCUT2D eigenvalue weighted by molar-refractivity contribution is -0.150. The molecule has 0 saturated heterocycles. The van der Waals surface area contributed by atoms with Crippen LogP contribution in [0, 0.1) is 5.92 Å². The summed E-state index contributed by atoms with van der Waals surface area (Å²) in [5, 5.41) is 20.9. The van der Waals surface area contributed by atoms with Gasteiger partial charge in [-0.05, 0) is 46.5 Å². The molecular formula is C17H28O4. The lowest BCUT2D eigenvalue weighted by Gasteiger charge is -2.32. The van der Waals surface area contributed by atoms with Gasteiger partial charge in [0, 0.05) is 12.8 Å². The van der Waals surface area contributed by atoms with Crippen LogP contribution in [0.4, 0.5) is 0 Å². The maximum absolute atomic E-state index is 11.0. The molecule has 3 unspecified atom stereocenters. The van der Waals surface area contributed by atoms with Crippen LogP contribution in [0.5, 0.6) is 0 Å². The third-order valence-corrected chi connectivity index (χ3v) is 4.05. The maximum atomic E-state index is 11.0. The summed E-state index contributed by atoms with van der Waals surface area (Å²) in [6.45, 7) is 6.80. The van der Waals surface area contributed by atoms with Crippen LogP contribution >= 0.6 is 0 Å². The van der Waals surface area contributed by atoms with Crippen LogP contribution in [0.1, 0.15) is 53.4 Å². The summed E-state index contributed by atoms with van der Waals surface area (Å²) < 4.78 is 4.97. The van der Waals surface area contributed by atoms with Crippen LogP contribution in [-0.4, -0.2) is 34.0 Å². The minimum Gasteiger partial charge on any atom is -0.463 e. The van der Waals surface area contributed by atoms with Crippen molar-refractivity contribution in [2.45, 2.75) is 64.6 Å². The number of esters is 1. The van der Waals surface area contributed by atoms with E-state index in [9.17, 15) is 15.0 Å². The SMILES string of the molecule is CC(=O)OCC(C)(O)C1C=CC(C)(O)CCC=C(C)CC1. The zero-order valence-corrected chi connectivity index (χ0v) is 13.6. The molecule has 0 aromatic heterocycles. The summed E-state index contributed by atoms with van der Waals surface area (Å²) in [7, 11) is 0. The van der Waals surface area contributed by atoms with Gasteiger partial charge in [-0.1, -0.05) is 23.8 Å². The Labute approximate surface area is 127 Å². The molecule has 0 aromatic rings. The predicted molar refractivity (Wildman–Crippen MR) is 82.7 cm³/mol. The molecule has 4 nitrogen and oxygen atoms in total. The summed E-state index contributed by atoms with van der Waals surface area (Å²) in [6.07, 6.45) is 8.90. The highest BCUT2D eigenvalue weighted by Crippen LogP contribution is 2.29. The Hall–Kier alpha value is -1.13. The summed E-state index contributed by atoms with van der Waals surface area (Å²) in [4.78, 5) is 11.0. The summed E-state index contributed by atoms with van der Waals surface area (Å²) in [6, 6.07) is 0. The average molecular weight is 296 g/mol. The Morgan fingerprint density at radius 1 is 1.57 bits per heavy atom. The second-order valence-corrected chi connectivity index (χ2v) is 6.59. The molecule has 1 aliphatic carbocycles. The number of rotatable bonds is 3. The van der Waals surface area contributed by atoms with Gasteiger partial charge in [-0.25, -0.2) is 0 Å². The van der Waals surface area contributed by atoms with Crippen molar-refractivity contribution >= 4 is 5.97 Å². The molecular weight excluding hydrogens is 268 g/mol. The van der Waals surface area contributed by atoms with Crippen molar-refractivity contribution < 1.29 is 19.7 Å². The predicted octanol–water partition coefficient (Wildman–Crippen LogP) is 2.74. The van der Waals surface area contributed by atoms with Crippen LogP contribution in [-0.2, 0) is 9.53 Å². The first-order chi connectivity index (χ1) is 9.62. The van der Waals surface area contributed by atoms with Gasteiger partial charge in [-0.2, -0.15) is 0 Å². The first-order valence-corrected chi connectivity index (χ1v) is 7.55. The van der Waals surface area contributed by atoms with Crippen molar-refractivity contribution in [3.05, 3.63) is 23.8 Å². The standard InChI is InChI=1S/C17H28O4/c1-13-6-5-10-16(3,19)11-9-15(8-7-13)17(4,20)12-21-14(2)18/h6,9,11,15,19-20H,5,7-8,10,12H2,1-4H3. The molecule has 4 heteroatoms. The number of ether oxygens (including phenoxy) is 1. The Bertz CT molecular complexity index is 419. The quantitative estimate of drug-likeness (QED) is 0.621. The fourth-order valence-electron chi connectivity index (χ4n) is 2.47. The number of hydrogen-bond acceptors (Lipinski definition) is 4. The highest BCUT2D eigenvalue weighted by molar-refractivity contribution is 5.65. The van der Waals surface area contributed by atoms with Gasteiger partial charge in [0.2, 0.25) is 0 Å². The van der Waals surface area contributed by atoms with Gasteiger partial charge in [0.15, 0.2) is 0 Å². The summed E-state index contributed by atoms with van der Waals surface area (Å²) in [5.74, 6) is -0.577. The van der Waals surface area contributed by atoms with E-state index in [1.165, 1.54) is 12.5 Å². The fourth-order valence-corrected chi connectivity index (χ4v) is 2.47. The molecule has 3 atom stereocenters. The van der Waals surface area contributed by atoms with Crippen LogP contribution in [0.2, 0.25) is 0 Å². The molecule has 21 heavy (non-hydrogen) atoms. The van der Waals surface area contributed by atoms with Crippen molar-refractivity contribution in [3.8, 4) is 0 Å². The first kappa shape index (κ1) is 17.9. The monoisotopic (exact) mass is 296 g/mol. The van der Waals surface area contributed by atoms with Gasteiger partial charge < -0.3 is 14.9 Å². The second-order valence-electron chi connectivity index (χ2n) is 6.59.